The molecule has 5 heteroatoms. The number of amides is 1. The lowest BCUT2D eigenvalue weighted by Crippen LogP contribution is -2.20. The van der Waals surface area contributed by atoms with E-state index < -0.39 is 0 Å². The second kappa shape index (κ2) is 7.00. The number of hydrogen-bond acceptors (Lipinski definition) is 3. The van der Waals surface area contributed by atoms with Crippen LogP contribution in [-0.4, -0.2) is 22.5 Å². The summed E-state index contributed by atoms with van der Waals surface area (Å²) in [4.78, 5) is 19.4. The summed E-state index contributed by atoms with van der Waals surface area (Å²) in [5.74, 6) is 0.475. The molecule has 1 heterocycles. The molecule has 0 saturated heterocycles. The van der Waals surface area contributed by atoms with E-state index in [4.69, 9.17) is 4.74 Å². The van der Waals surface area contributed by atoms with E-state index in [1.165, 1.54) is 0 Å². The van der Waals surface area contributed by atoms with E-state index in [2.05, 4.69) is 15.3 Å². The Morgan fingerprint density at radius 3 is 2.67 bits per heavy atom. The van der Waals surface area contributed by atoms with Gasteiger partial charge < -0.3 is 15.0 Å². The molecule has 0 aliphatic rings. The predicted molar refractivity (Wildman–Crippen MR) is 94.1 cm³/mol. The van der Waals surface area contributed by atoms with Gasteiger partial charge in [-0.3, -0.25) is 4.79 Å². The number of carbonyl (C=O) groups excluding carboxylic acids is 1. The number of nitrogens with one attached hydrogen (secondary N) is 2. The summed E-state index contributed by atoms with van der Waals surface area (Å²) in [6.45, 7) is 3.93. The molecule has 0 bridgehead atoms. The molecule has 0 atom stereocenters. The van der Waals surface area contributed by atoms with Crippen LogP contribution in [0.3, 0.4) is 0 Å². The Hall–Kier alpha value is -3.08. The summed E-state index contributed by atoms with van der Waals surface area (Å²) in [6, 6.07) is 15.2. The second-order valence-corrected chi connectivity index (χ2v) is 5.61. The van der Waals surface area contributed by atoms with Gasteiger partial charge in [0.15, 0.2) is 6.61 Å². The van der Waals surface area contributed by atoms with E-state index >= 15 is 0 Å². The minimum Gasteiger partial charge on any atom is -0.484 e. The molecule has 24 heavy (non-hydrogen) atoms. The first-order valence-electron chi connectivity index (χ1n) is 7.71. The lowest BCUT2D eigenvalue weighted by molar-refractivity contribution is -0.118. The number of carbonyl (C=O) groups is 1. The van der Waals surface area contributed by atoms with Crippen molar-refractivity contribution in [3.8, 4) is 17.0 Å². The third-order valence-corrected chi connectivity index (χ3v) is 3.64. The topological polar surface area (TPSA) is 67.0 Å². The van der Waals surface area contributed by atoms with Gasteiger partial charge in [0.25, 0.3) is 5.91 Å². The fourth-order valence-corrected chi connectivity index (χ4v) is 2.37. The zero-order chi connectivity index (χ0) is 16.9. The maximum absolute atomic E-state index is 12.1. The first kappa shape index (κ1) is 15.8. The Bertz CT molecular complexity index is 838. The summed E-state index contributed by atoms with van der Waals surface area (Å²) in [5, 5.41) is 2.84. The molecule has 0 saturated carbocycles. The van der Waals surface area contributed by atoms with Crippen molar-refractivity contribution in [2.24, 2.45) is 0 Å². The van der Waals surface area contributed by atoms with Crippen LogP contribution in [0.25, 0.3) is 11.3 Å². The number of rotatable bonds is 5. The van der Waals surface area contributed by atoms with Gasteiger partial charge in [-0.2, -0.15) is 0 Å². The quantitative estimate of drug-likeness (QED) is 0.753. The van der Waals surface area contributed by atoms with Gasteiger partial charge in [-0.25, -0.2) is 4.98 Å². The number of benzene rings is 2. The monoisotopic (exact) mass is 321 g/mol. The Morgan fingerprint density at radius 1 is 1.17 bits per heavy atom. The van der Waals surface area contributed by atoms with E-state index in [0.29, 0.717) is 11.4 Å². The molecular formula is C19H19N3O2. The summed E-state index contributed by atoms with van der Waals surface area (Å²) in [6.07, 6.45) is 1.66. The molecule has 1 amide bonds. The first-order valence-corrected chi connectivity index (χ1v) is 7.71. The molecule has 3 rings (SSSR count). The number of aromatic amines is 1. The molecule has 0 radical (unpaired) electrons. The van der Waals surface area contributed by atoms with Crippen LogP contribution in [0, 0.1) is 13.8 Å². The smallest absolute Gasteiger partial charge is 0.262 e. The number of H-pyrrole nitrogens is 1. The van der Waals surface area contributed by atoms with Gasteiger partial charge in [0.05, 0.1) is 12.0 Å². The molecule has 0 spiro atoms. The fourth-order valence-electron chi connectivity index (χ4n) is 2.37. The molecule has 3 aromatic rings. The van der Waals surface area contributed by atoms with Crippen LogP contribution < -0.4 is 10.1 Å². The van der Waals surface area contributed by atoms with Crippen molar-refractivity contribution >= 4 is 11.6 Å². The van der Waals surface area contributed by atoms with Gasteiger partial charge in [-0.1, -0.05) is 29.8 Å². The molecule has 122 valence electrons. The molecule has 0 fully saturated rings. The summed E-state index contributed by atoms with van der Waals surface area (Å²) >= 11 is 0. The maximum atomic E-state index is 12.1. The van der Waals surface area contributed by atoms with Crippen LogP contribution >= 0.6 is 0 Å². The van der Waals surface area contributed by atoms with E-state index in [1.807, 2.05) is 62.4 Å². The standard InChI is InChI=1S/C19H19N3O2/c1-13-6-8-17(9-7-13)24-11-18(23)22-16-5-3-4-15(10-16)19-14(2)20-12-21-19/h3-10,12H,11H2,1-2H3,(H,20,21)(H,22,23). The van der Waals surface area contributed by atoms with Gasteiger partial charge in [-0.05, 0) is 38.1 Å². The van der Waals surface area contributed by atoms with E-state index in [1.54, 1.807) is 6.33 Å². The first-order chi connectivity index (χ1) is 11.6. The van der Waals surface area contributed by atoms with Gasteiger partial charge >= 0.3 is 0 Å². The highest BCUT2D eigenvalue weighted by molar-refractivity contribution is 5.92. The van der Waals surface area contributed by atoms with Gasteiger partial charge in [-0.15, -0.1) is 0 Å². The average molecular weight is 321 g/mol. The molecule has 0 aliphatic heterocycles. The van der Waals surface area contributed by atoms with Crippen LogP contribution in [0.15, 0.2) is 54.9 Å². The van der Waals surface area contributed by atoms with Crippen LogP contribution in [0.1, 0.15) is 11.3 Å². The summed E-state index contributed by atoms with van der Waals surface area (Å²) in [7, 11) is 0. The van der Waals surface area contributed by atoms with Gasteiger partial charge in [0.2, 0.25) is 0 Å². The highest BCUT2D eigenvalue weighted by Crippen LogP contribution is 2.23. The second-order valence-electron chi connectivity index (χ2n) is 5.61. The normalized spacial score (nSPS) is 10.4. The molecule has 0 unspecified atom stereocenters. The minimum absolute atomic E-state index is 0.0330. The van der Waals surface area contributed by atoms with Crippen molar-refractivity contribution in [3.63, 3.8) is 0 Å². The number of nitrogens with zero attached hydrogens (tertiary/aromatic N) is 1. The van der Waals surface area contributed by atoms with Crippen LogP contribution in [-0.2, 0) is 4.79 Å². The molecule has 0 aliphatic carbocycles. The molecule has 2 aromatic carbocycles. The minimum atomic E-state index is -0.202. The third kappa shape index (κ3) is 3.81. The van der Waals surface area contributed by atoms with Crippen LogP contribution in [0.2, 0.25) is 0 Å². The zero-order valence-corrected chi connectivity index (χ0v) is 13.7. The highest BCUT2D eigenvalue weighted by atomic mass is 16.5. The molecular weight excluding hydrogens is 302 g/mol. The Balaban J connectivity index is 1.62. The van der Waals surface area contributed by atoms with E-state index in [0.717, 1.165) is 22.5 Å². The number of ether oxygens (including phenoxy) is 1. The predicted octanol–water partition coefficient (Wildman–Crippen LogP) is 3.71. The van der Waals surface area contributed by atoms with Crippen molar-refractivity contribution < 1.29 is 9.53 Å². The summed E-state index contributed by atoms with van der Waals surface area (Å²) in [5.41, 5.74) is 4.68. The Labute approximate surface area is 140 Å². The molecule has 2 N–H and O–H groups in total. The van der Waals surface area contributed by atoms with Crippen LogP contribution in [0.4, 0.5) is 5.69 Å². The number of imidazole rings is 1. The summed E-state index contributed by atoms with van der Waals surface area (Å²) < 4.78 is 5.49. The maximum Gasteiger partial charge on any atom is 0.262 e. The van der Waals surface area contributed by atoms with Gasteiger partial charge in [0, 0.05) is 16.9 Å². The lowest BCUT2D eigenvalue weighted by Gasteiger charge is -2.09. The van der Waals surface area contributed by atoms with Gasteiger partial charge in [0.1, 0.15) is 5.75 Å². The zero-order valence-electron chi connectivity index (χ0n) is 13.7. The number of aryl methyl sites for hydroxylation is 2. The van der Waals surface area contributed by atoms with E-state index in [-0.39, 0.29) is 12.5 Å². The largest absolute Gasteiger partial charge is 0.484 e. The molecule has 1 aromatic heterocycles. The van der Waals surface area contributed by atoms with Crippen LogP contribution in [0.5, 0.6) is 5.75 Å². The highest BCUT2D eigenvalue weighted by Gasteiger charge is 2.08. The Morgan fingerprint density at radius 2 is 1.96 bits per heavy atom. The number of anilines is 1. The lowest BCUT2D eigenvalue weighted by atomic mass is 10.1. The van der Waals surface area contributed by atoms with Crippen molar-refractivity contribution in [2.75, 3.05) is 11.9 Å². The fraction of sp³-hybridized carbons (Fsp3) is 0.158. The third-order valence-electron chi connectivity index (χ3n) is 3.64. The molecule has 5 nitrogen and oxygen atoms in total. The Kier molecular flexibility index (Phi) is 4.61. The van der Waals surface area contributed by atoms with Crippen molar-refractivity contribution in [3.05, 3.63) is 66.1 Å². The van der Waals surface area contributed by atoms with Crippen molar-refractivity contribution in [1.82, 2.24) is 9.97 Å². The average Bonchev–Trinajstić information content (AvgIpc) is 3.01. The van der Waals surface area contributed by atoms with Crippen molar-refractivity contribution in [2.45, 2.75) is 13.8 Å². The number of aromatic nitrogens is 2. The van der Waals surface area contributed by atoms with E-state index in [9.17, 15) is 4.79 Å². The van der Waals surface area contributed by atoms with Crippen molar-refractivity contribution in [1.29, 1.82) is 0 Å². The SMILES string of the molecule is Cc1ccc(OCC(=O)Nc2cccc(-c3nc[nH]c3C)c2)cc1. The number of hydrogen-bond donors (Lipinski definition) is 2.